The first-order valence-corrected chi connectivity index (χ1v) is 10.8. The van der Waals surface area contributed by atoms with E-state index < -0.39 is 5.97 Å². The fourth-order valence-electron chi connectivity index (χ4n) is 4.53. The summed E-state index contributed by atoms with van der Waals surface area (Å²) in [6, 6.07) is 15.1. The van der Waals surface area contributed by atoms with E-state index in [2.05, 4.69) is 28.2 Å². The number of thiocarbonyl (C=S) groups is 1. The van der Waals surface area contributed by atoms with Crippen LogP contribution in [0.5, 0.6) is 0 Å². The highest BCUT2D eigenvalue weighted by atomic mass is 32.1. The molecule has 1 fully saturated rings. The van der Waals surface area contributed by atoms with Crippen LogP contribution in [0.1, 0.15) is 58.4 Å². The number of hydrogen-bond donors (Lipinski definition) is 2. The highest BCUT2D eigenvalue weighted by Gasteiger charge is 2.41. The topological polar surface area (TPSA) is 70.4 Å². The van der Waals surface area contributed by atoms with E-state index in [1.807, 2.05) is 48.7 Å². The minimum atomic E-state index is -0.938. The molecule has 0 radical (unpaired) electrons. The molecule has 6 nitrogen and oxygen atoms in total. The molecule has 0 aliphatic carbocycles. The summed E-state index contributed by atoms with van der Waals surface area (Å²) in [7, 11) is 0. The number of aromatic carboxylic acids is 1. The summed E-state index contributed by atoms with van der Waals surface area (Å²) in [5.74, 6) is -0.938. The van der Waals surface area contributed by atoms with Gasteiger partial charge in [0.1, 0.15) is 0 Å². The Morgan fingerprint density at radius 1 is 1.19 bits per heavy atom. The first-order chi connectivity index (χ1) is 14.9. The van der Waals surface area contributed by atoms with Crippen LogP contribution in [0, 0.1) is 13.8 Å². The normalized spacial score (nSPS) is 18.3. The number of para-hydroxylation sites is 1. The van der Waals surface area contributed by atoms with Gasteiger partial charge in [-0.1, -0.05) is 25.1 Å². The van der Waals surface area contributed by atoms with Gasteiger partial charge < -0.3 is 19.9 Å². The van der Waals surface area contributed by atoms with Crippen molar-refractivity contribution in [3.05, 3.63) is 82.9 Å². The van der Waals surface area contributed by atoms with Crippen LogP contribution in [-0.2, 0) is 0 Å². The number of aromatic nitrogens is 2. The maximum Gasteiger partial charge on any atom is 0.337 e. The molecule has 0 bridgehead atoms. The zero-order chi connectivity index (χ0) is 22.1. The maximum absolute atomic E-state index is 11.8. The number of carboxylic acids is 1. The van der Waals surface area contributed by atoms with Crippen LogP contribution in [0.3, 0.4) is 0 Å². The smallest absolute Gasteiger partial charge is 0.337 e. The highest BCUT2D eigenvalue weighted by Crippen LogP contribution is 2.41. The molecule has 0 spiro atoms. The second kappa shape index (κ2) is 8.51. The van der Waals surface area contributed by atoms with Crippen molar-refractivity contribution in [2.24, 2.45) is 0 Å². The van der Waals surface area contributed by atoms with Gasteiger partial charge in [0.15, 0.2) is 5.11 Å². The lowest BCUT2D eigenvalue weighted by molar-refractivity contribution is 0.0697. The quantitative estimate of drug-likeness (QED) is 0.554. The molecule has 0 amide bonds. The third kappa shape index (κ3) is 3.70. The monoisotopic (exact) mass is 434 g/mol. The van der Waals surface area contributed by atoms with Crippen LogP contribution in [-0.4, -0.2) is 37.2 Å². The van der Waals surface area contributed by atoms with Gasteiger partial charge in [-0.2, -0.15) is 0 Å². The Kier molecular flexibility index (Phi) is 5.78. The van der Waals surface area contributed by atoms with Gasteiger partial charge in [-0.05, 0) is 68.4 Å². The molecule has 1 aliphatic rings. The Hall–Kier alpha value is -3.19. The number of carbonyl (C=O) groups is 1. The molecule has 160 valence electrons. The number of aryl methyl sites for hydroxylation is 1. The molecule has 2 aromatic heterocycles. The second-order valence-corrected chi connectivity index (χ2v) is 8.19. The van der Waals surface area contributed by atoms with Crippen LogP contribution in [0.15, 0.2) is 54.7 Å². The third-order valence-electron chi connectivity index (χ3n) is 5.83. The minimum Gasteiger partial charge on any atom is -0.478 e. The fraction of sp³-hybridized carbons (Fsp3) is 0.292. The van der Waals surface area contributed by atoms with Crippen molar-refractivity contribution >= 4 is 23.3 Å². The van der Waals surface area contributed by atoms with Crippen LogP contribution in [0.2, 0.25) is 0 Å². The maximum atomic E-state index is 11.8. The lowest BCUT2D eigenvalue weighted by Crippen LogP contribution is -2.30. The van der Waals surface area contributed by atoms with Crippen molar-refractivity contribution in [1.29, 1.82) is 0 Å². The second-order valence-electron chi connectivity index (χ2n) is 7.80. The highest BCUT2D eigenvalue weighted by molar-refractivity contribution is 7.80. The Morgan fingerprint density at radius 2 is 1.94 bits per heavy atom. The van der Waals surface area contributed by atoms with Crippen molar-refractivity contribution in [2.75, 3.05) is 6.54 Å². The summed E-state index contributed by atoms with van der Waals surface area (Å²) < 4.78 is 2.03. The van der Waals surface area contributed by atoms with E-state index in [-0.39, 0.29) is 17.6 Å². The first kappa shape index (κ1) is 21.1. The molecular weight excluding hydrogens is 408 g/mol. The van der Waals surface area contributed by atoms with Crippen molar-refractivity contribution in [3.8, 4) is 5.69 Å². The Bertz CT molecular complexity index is 1130. The van der Waals surface area contributed by atoms with Gasteiger partial charge in [-0.3, -0.25) is 4.98 Å². The molecule has 31 heavy (non-hydrogen) atoms. The molecule has 3 heterocycles. The summed E-state index contributed by atoms with van der Waals surface area (Å²) in [4.78, 5) is 18.7. The van der Waals surface area contributed by atoms with Crippen molar-refractivity contribution in [3.63, 3.8) is 0 Å². The molecule has 0 saturated carbocycles. The average Bonchev–Trinajstić information content (AvgIpc) is 3.24. The fourth-order valence-corrected chi connectivity index (χ4v) is 4.86. The molecule has 2 unspecified atom stereocenters. The van der Waals surface area contributed by atoms with E-state index >= 15 is 0 Å². The number of pyridine rings is 1. The van der Waals surface area contributed by atoms with E-state index in [9.17, 15) is 9.90 Å². The largest absolute Gasteiger partial charge is 0.478 e. The molecule has 2 atom stereocenters. The molecule has 2 N–H and O–H groups in total. The summed E-state index contributed by atoms with van der Waals surface area (Å²) in [5.41, 5.74) is 4.99. The number of nitrogens with one attached hydrogen (secondary N) is 1. The van der Waals surface area contributed by atoms with Crippen molar-refractivity contribution in [2.45, 2.75) is 39.3 Å². The van der Waals surface area contributed by atoms with E-state index in [1.54, 1.807) is 18.3 Å². The molecule has 3 aromatic rings. The van der Waals surface area contributed by atoms with Crippen molar-refractivity contribution in [1.82, 2.24) is 19.8 Å². The predicted octanol–water partition coefficient (Wildman–Crippen LogP) is 4.57. The number of carboxylic acid groups (broad SMARTS) is 1. The van der Waals surface area contributed by atoms with Gasteiger partial charge >= 0.3 is 5.97 Å². The Labute approximate surface area is 187 Å². The van der Waals surface area contributed by atoms with E-state index in [0.717, 1.165) is 40.7 Å². The predicted molar refractivity (Wildman–Crippen MR) is 125 cm³/mol. The van der Waals surface area contributed by atoms with E-state index in [0.29, 0.717) is 5.69 Å². The summed E-state index contributed by atoms with van der Waals surface area (Å²) >= 11 is 5.69. The summed E-state index contributed by atoms with van der Waals surface area (Å²) in [6.45, 7) is 7.02. The molecule has 1 saturated heterocycles. The Morgan fingerprint density at radius 3 is 2.61 bits per heavy atom. The van der Waals surface area contributed by atoms with E-state index in [4.69, 9.17) is 12.2 Å². The van der Waals surface area contributed by atoms with E-state index in [1.165, 1.54) is 0 Å². The SMILES string of the molecule is CCCN1C(=S)NC(c2ccccn2)C1c1cc(C)n(-c2ccccc2C(=O)O)c1C. The number of hydrogen-bond acceptors (Lipinski definition) is 3. The summed E-state index contributed by atoms with van der Waals surface area (Å²) in [6.07, 6.45) is 2.76. The van der Waals surface area contributed by atoms with Gasteiger partial charge in [0.25, 0.3) is 0 Å². The van der Waals surface area contributed by atoms with Gasteiger partial charge in [0, 0.05) is 24.1 Å². The van der Waals surface area contributed by atoms with Gasteiger partial charge in [0.2, 0.25) is 0 Å². The zero-order valence-corrected chi connectivity index (χ0v) is 18.7. The number of rotatable bonds is 6. The minimum absolute atomic E-state index is 0.0284. The zero-order valence-electron chi connectivity index (χ0n) is 17.9. The molecule has 1 aliphatic heterocycles. The standard InChI is InChI=1S/C24H26N4O2S/c1-4-13-27-22(21(26-24(27)31)19-10-7-8-12-25-19)18-14-15(2)28(16(18)3)20-11-6-5-9-17(20)23(29)30/h5-12,14,21-22H,4,13H2,1-3H3,(H,26,31)(H,29,30). The number of nitrogens with zero attached hydrogens (tertiary/aromatic N) is 3. The van der Waals surface area contributed by atoms with Crippen LogP contribution in [0.4, 0.5) is 0 Å². The average molecular weight is 435 g/mol. The Balaban J connectivity index is 1.87. The number of benzene rings is 1. The lowest BCUT2D eigenvalue weighted by atomic mass is 9.96. The van der Waals surface area contributed by atoms with Crippen LogP contribution < -0.4 is 5.32 Å². The molecule has 7 heteroatoms. The lowest BCUT2D eigenvalue weighted by Gasteiger charge is -2.28. The van der Waals surface area contributed by atoms with Crippen LogP contribution >= 0.6 is 12.2 Å². The third-order valence-corrected chi connectivity index (χ3v) is 6.18. The van der Waals surface area contributed by atoms with Gasteiger partial charge in [0.05, 0.1) is 29.0 Å². The molecule has 4 rings (SSSR count). The van der Waals surface area contributed by atoms with Gasteiger partial charge in [-0.25, -0.2) is 4.79 Å². The molecular formula is C24H26N4O2S. The first-order valence-electron chi connectivity index (χ1n) is 10.4. The van der Waals surface area contributed by atoms with Crippen molar-refractivity contribution < 1.29 is 9.90 Å². The van der Waals surface area contributed by atoms with Crippen LogP contribution in [0.25, 0.3) is 5.69 Å². The summed E-state index contributed by atoms with van der Waals surface area (Å²) in [5, 5.41) is 13.9. The van der Waals surface area contributed by atoms with Gasteiger partial charge in [-0.15, -0.1) is 0 Å². The molecule has 1 aromatic carbocycles.